The number of piperidine rings is 1. The van der Waals surface area contributed by atoms with Gasteiger partial charge in [-0.15, -0.1) is 0 Å². The second kappa shape index (κ2) is 7.41. The lowest BCUT2D eigenvalue weighted by Gasteiger charge is -2.30. The molecule has 2 aromatic carbocycles. The molecule has 4 rings (SSSR count). The number of ketones is 1. The molecule has 0 amide bonds. The fourth-order valence-corrected chi connectivity index (χ4v) is 5.22. The quantitative estimate of drug-likeness (QED) is 0.668. The molecule has 0 aliphatic carbocycles. The van der Waals surface area contributed by atoms with Crippen LogP contribution >= 0.6 is 0 Å². The lowest BCUT2D eigenvalue weighted by Crippen LogP contribution is -2.40. The number of nitrogens with one attached hydrogen (secondary N) is 1. The van der Waals surface area contributed by atoms with Crippen LogP contribution in [-0.2, 0) is 10.0 Å². The molecule has 0 saturated carbocycles. The van der Waals surface area contributed by atoms with Gasteiger partial charge in [0.05, 0.1) is 12.0 Å². The van der Waals surface area contributed by atoms with Gasteiger partial charge < -0.3 is 9.72 Å². The molecule has 6 nitrogen and oxygen atoms in total. The first-order chi connectivity index (χ1) is 13.5. The fraction of sp³-hybridized carbons (Fsp3) is 0.286. The van der Waals surface area contributed by atoms with Crippen LogP contribution in [0.15, 0.2) is 59.6 Å². The van der Waals surface area contributed by atoms with E-state index < -0.39 is 10.0 Å². The molecule has 1 aliphatic rings. The number of sulfonamides is 1. The van der Waals surface area contributed by atoms with Crippen LogP contribution in [0.2, 0.25) is 0 Å². The van der Waals surface area contributed by atoms with Crippen LogP contribution in [-0.4, -0.2) is 43.7 Å². The van der Waals surface area contributed by atoms with Crippen LogP contribution in [0.3, 0.4) is 0 Å². The van der Waals surface area contributed by atoms with Crippen molar-refractivity contribution in [3.63, 3.8) is 0 Å². The van der Waals surface area contributed by atoms with Crippen molar-refractivity contribution < 1.29 is 17.9 Å². The number of para-hydroxylation sites is 1. The highest BCUT2D eigenvalue weighted by molar-refractivity contribution is 7.89. The minimum atomic E-state index is -3.56. The van der Waals surface area contributed by atoms with Gasteiger partial charge in [-0.05, 0) is 43.2 Å². The van der Waals surface area contributed by atoms with E-state index in [1.54, 1.807) is 37.6 Å². The van der Waals surface area contributed by atoms with Crippen LogP contribution in [0, 0.1) is 5.92 Å². The fourth-order valence-electron chi connectivity index (χ4n) is 3.75. The molecule has 2 heterocycles. The van der Waals surface area contributed by atoms with Crippen molar-refractivity contribution in [2.75, 3.05) is 20.2 Å². The predicted octanol–water partition coefficient (Wildman–Crippen LogP) is 3.46. The van der Waals surface area contributed by atoms with Gasteiger partial charge in [0, 0.05) is 41.7 Å². The van der Waals surface area contributed by atoms with E-state index in [0.29, 0.717) is 37.2 Å². The Morgan fingerprint density at radius 3 is 2.43 bits per heavy atom. The largest absolute Gasteiger partial charge is 0.497 e. The van der Waals surface area contributed by atoms with Gasteiger partial charge in [0.2, 0.25) is 10.0 Å². The molecular weight excluding hydrogens is 376 g/mol. The molecule has 0 radical (unpaired) electrons. The summed E-state index contributed by atoms with van der Waals surface area (Å²) in [7, 11) is -2.02. The molecule has 1 aliphatic heterocycles. The van der Waals surface area contributed by atoms with E-state index in [0.717, 1.165) is 10.9 Å². The highest BCUT2D eigenvalue weighted by atomic mass is 32.2. The highest BCUT2D eigenvalue weighted by Crippen LogP contribution is 2.29. The SMILES string of the molecule is COc1ccc(S(=O)(=O)N2CCC(C(=O)c3c[nH]c4ccccc34)CC2)cc1. The van der Waals surface area contributed by atoms with Gasteiger partial charge in [-0.1, -0.05) is 18.2 Å². The first kappa shape index (κ1) is 18.7. The van der Waals surface area contributed by atoms with Crippen molar-refractivity contribution in [2.24, 2.45) is 5.92 Å². The van der Waals surface area contributed by atoms with Gasteiger partial charge in [0.15, 0.2) is 5.78 Å². The van der Waals surface area contributed by atoms with Crippen LogP contribution in [0.1, 0.15) is 23.2 Å². The Balaban J connectivity index is 1.47. The summed E-state index contributed by atoms with van der Waals surface area (Å²) in [5, 5.41) is 0.917. The number of rotatable bonds is 5. The number of Topliss-reactive ketones (excluding diaryl/α,β-unsaturated/α-hetero) is 1. The first-order valence-corrected chi connectivity index (χ1v) is 10.7. The van der Waals surface area contributed by atoms with Gasteiger partial charge >= 0.3 is 0 Å². The number of carbonyl (C=O) groups is 1. The van der Waals surface area contributed by atoms with Gasteiger partial charge in [-0.25, -0.2) is 8.42 Å². The van der Waals surface area contributed by atoms with E-state index in [1.807, 2.05) is 24.3 Å². The number of H-pyrrole nitrogens is 1. The van der Waals surface area contributed by atoms with Crippen molar-refractivity contribution in [2.45, 2.75) is 17.7 Å². The van der Waals surface area contributed by atoms with Crippen molar-refractivity contribution in [1.82, 2.24) is 9.29 Å². The standard InChI is InChI=1S/C21H22N2O4S/c1-27-16-6-8-17(9-7-16)28(25,26)23-12-10-15(11-13-23)21(24)19-14-22-20-5-3-2-4-18(19)20/h2-9,14-15,22H,10-13H2,1H3. The number of hydrogen-bond donors (Lipinski definition) is 1. The highest BCUT2D eigenvalue weighted by Gasteiger charge is 2.33. The Morgan fingerprint density at radius 2 is 1.75 bits per heavy atom. The first-order valence-electron chi connectivity index (χ1n) is 9.25. The van der Waals surface area contributed by atoms with E-state index in [1.165, 1.54) is 4.31 Å². The molecule has 7 heteroatoms. The van der Waals surface area contributed by atoms with E-state index in [2.05, 4.69) is 4.98 Å². The topological polar surface area (TPSA) is 79.5 Å². The number of hydrogen-bond acceptors (Lipinski definition) is 4. The summed E-state index contributed by atoms with van der Waals surface area (Å²) in [6.07, 6.45) is 2.80. The van der Waals surface area contributed by atoms with E-state index >= 15 is 0 Å². The van der Waals surface area contributed by atoms with Crippen molar-refractivity contribution in [3.8, 4) is 5.75 Å². The summed E-state index contributed by atoms with van der Waals surface area (Å²) < 4.78 is 32.3. The monoisotopic (exact) mass is 398 g/mol. The summed E-state index contributed by atoms with van der Waals surface area (Å²) in [4.78, 5) is 16.3. The third-order valence-electron chi connectivity index (χ3n) is 5.38. The number of methoxy groups -OCH3 is 1. The number of ether oxygens (including phenoxy) is 1. The summed E-state index contributed by atoms with van der Waals surface area (Å²) in [5.74, 6) is 0.530. The third-order valence-corrected chi connectivity index (χ3v) is 7.29. The molecular formula is C21H22N2O4S. The summed E-state index contributed by atoms with van der Waals surface area (Å²) in [6, 6.07) is 14.1. The maximum absolute atomic E-state index is 13.0. The number of benzene rings is 2. The zero-order chi connectivity index (χ0) is 19.7. The number of carbonyl (C=O) groups excluding carboxylic acids is 1. The van der Waals surface area contributed by atoms with Gasteiger partial charge in [0.25, 0.3) is 0 Å². The predicted molar refractivity (Wildman–Crippen MR) is 107 cm³/mol. The summed E-state index contributed by atoms with van der Waals surface area (Å²) in [6.45, 7) is 0.681. The Bertz CT molecular complexity index is 1090. The molecule has 1 aromatic heterocycles. The Hall–Kier alpha value is -2.64. The number of aromatic amines is 1. The van der Waals surface area contributed by atoms with Crippen LogP contribution in [0.5, 0.6) is 5.75 Å². The molecule has 0 atom stereocenters. The molecule has 28 heavy (non-hydrogen) atoms. The van der Waals surface area contributed by atoms with Crippen molar-refractivity contribution in [1.29, 1.82) is 0 Å². The zero-order valence-corrected chi connectivity index (χ0v) is 16.4. The average molecular weight is 398 g/mol. The Morgan fingerprint density at radius 1 is 1.07 bits per heavy atom. The maximum atomic E-state index is 13.0. The van der Waals surface area contributed by atoms with E-state index in [-0.39, 0.29) is 16.6 Å². The van der Waals surface area contributed by atoms with E-state index in [4.69, 9.17) is 4.74 Å². The van der Waals surface area contributed by atoms with Gasteiger partial charge in [-0.3, -0.25) is 4.79 Å². The minimum absolute atomic E-state index is 0.0824. The Labute approximate surface area is 164 Å². The molecule has 1 saturated heterocycles. The maximum Gasteiger partial charge on any atom is 0.243 e. The average Bonchev–Trinajstić information content (AvgIpc) is 3.17. The van der Waals surface area contributed by atoms with Crippen molar-refractivity contribution >= 4 is 26.7 Å². The zero-order valence-electron chi connectivity index (χ0n) is 15.6. The lowest BCUT2D eigenvalue weighted by atomic mass is 9.89. The smallest absolute Gasteiger partial charge is 0.243 e. The summed E-state index contributed by atoms with van der Waals surface area (Å²) in [5.41, 5.74) is 1.62. The minimum Gasteiger partial charge on any atom is -0.497 e. The van der Waals surface area contributed by atoms with Crippen LogP contribution in [0.4, 0.5) is 0 Å². The molecule has 1 N–H and O–H groups in total. The lowest BCUT2D eigenvalue weighted by molar-refractivity contribution is 0.0877. The third kappa shape index (κ3) is 3.31. The molecule has 3 aromatic rings. The second-order valence-electron chi connectivity index (χ2n) is 6.97. The van der Waals surface area contributed by atoms with Crippen LogP contribution in [0.25, 0.3) is 10.9 Å². The number of aromatic nitrogens is 1. The molecule has 0 unspecified atom stereocenters. The summed E-state index contributed by atoms with van der Waals surface area (Å²) >= 11 is 0. The molecule has 0 spiro atoms. The van der Waals surface area contributed by atoms with Gasteiger partial charge in [0.1, 0.15) is 5.75 Å². The number of nitrogens with zero attached hydrogens (tertiary/aromatic N) is 1. The van der Waals surface area contributed by atoms with E-state index in [9.17, 15) is 13.2 Å². The molecule has 1 fully saturated rings. The van der Waals surface area contributed by atoms with Crippen LogP contribution < -0.4 is 4.74 Å². The van der Waals surface area contributed by atoms with Crippen molar-refractivity contribution in [3.05, 3.63) is 60.3 Å². The van der Waals surface area contributed by atoms with Gasteiger partial charge in [-0.2, -0.15) is 4.31 Å². The number of fused-ring (bicyclic) bond motifs is 1. The normalized spacial score (nSPS) is 16.3. The molecule has 0 bridgehead atoms. The Kier molecular flexibility index (Phi) is 4.95. The second-order valence-corrected chi connectivity index (χ2v) is 8.90. The molecule has 146 valence electrons.